The van der Waals surface area contributed by atoms with Gasteiger partial charge in [-0.05, 0) is 55.7 Å². The summed E-state index contributed by atoms with van der Waals surface area (Å²) in [5.74, 6) is 0.163. The molecule has 1 amide bonds. The van der Waals surface area contributed by atoms with Crippen LogP contribution in [0.1, 0.15) is 28.8 Å². The molecule has 29 heavy (non-hydrogen) atoms. The number of fused-ring (bicyclic) bond motifs is 1. The maximum Gasteiger partial charge on any atom is 0.255 e. The van der Waals surface area contributed by atoms with Crippen molar-refractivity contribution in [1.29, 1.82) is 0 Å². The third kappa shape index (κ3) is 4.32. The molecule has 1 aromatic heterocycles. The van der Waals surface area contributed by atoms with Crippen molar-refractivity contribution in [2.75, 3.05) is 5.32 Å². The summed E-state index contributed by atoms with van der Waals surface area (Å²) in [6.07, 6.45) is 3.52. The van der Waals surface area contributed by atoms with Crippen LogP contribution >= 0.6 is 34.8 Å². The number of H-pyrrole nitrogens is 1. The van der Waals surface area contributed by atoms with Gasteiger partial charge in [-0.25, -0.2) is 9.98 Å². The highest BCUT2D eigenvalue weighted by atomic mass is 35.5. The van der Waals surface area contributed by atoms with E-state index in [4.69, 9.17) is 34.8 Å². The van der Waals surface area contributed by atoms with Crippen molar-refractivity contribution in [3.8, 4) is 0 Å². The van der Waals surface area contributed by atoms with Crippen molar-refractivity contribution >= 4 is 69.1 Å². The second kappa shape index (κ2) is 8.19. The Labute approximate surface area is 182 Å². The number of aromatic amines is 1. The first kappa shape index (κ1) is 20.0. The highest BCUT2D eigenvalue weighted by Crippen LogP contribution is 2.27. The molecule has 1 atom stereocenters. The second-order valence-corrected chi connectivity index (χ2v) is 8.17. The van der Waals surface area contributed by atoms with E-state index in [-0.39, 0.29) is 11.3 Å². The van der Waals surface area contributed by atoms with E-state index in [1.165, 1.54) is 0 Å². The van der Waals surface area contributed by atoms with Gasteiger partial charge in [-0.3, -0.25) is 4.79 Å². The largest absolute Gasteiger partial charge is 0.322 e. The quantitative estimate of drug-likeness (QED) is 0.458. The number of carbonyl (C=O) groups excluding carboxylic acids is 1. The summed E-state index contributed by atoms with van der Waals surface area (Å²) in [4.78, 5) is 24.7. The minimum absolute atomic E-state index is 0.237. The number of nitrogens with zero attached hydrogens (tertiary/aromatic N) is 2. The number of aryl methyl sites for hydroxylation is 1. The molecule has 0 radical (unpaired) electrons. The highest BCUT2D eigenvalue weighted by molar-refractivity contribution is 6.50. The molecule has 1 heterocycles. The molecular formula is C21H17Cl3N4O. The molecule has 0 fully saturated rings. The fourth-order valence-electron chi connectivity index (χ4n) is 3.10. The van der Waals surface area contributed by atoms with E-state index < -0.39 is 0 Å². The minimum Gasteiger partial charge on any atom is -0.322 e. The number of rotatable bonds is 3. The van der Waals surface area contributed by atoms with Crippen LogP contribution in [0.5, 0.6) is 0 Å². The van der Waals surface area contributed by atoms with E-state index in [1.54, 1.807) is 30.3 Å². The summed E-state index contributed by atoms with van der Waals surface area (Å²) >= 11 is 18.6. The number of anilines is 1. The number of imidazole rings is 1. The lowest BCUT2D eigenvalue weighted by Crippen LogP contribution is -2.18. The molecular weight excluding hydrogens is 431 g/mol. The summed E-state index contributed by atoms with van der Waals surface area (Å²) in [6.45, 7) is 1.91. The fraction of sp³-hybridized carbons (Fsp3) is 0.190. The first-order chi connectivity index (χ1) is 13.9. The number of benzene rings is 2. The normalized spacial score (nSPS) is 18.1. The van der Waals surface area contributed by atoms with Gasteiger partial charge in [0.25, 0.3) is 5.91 Å². The molecule has 2 aromatic carbocycles. The van der Waals surface area contributed by atoms with E-state index in [0.29, 0.717) is 44.0 Å². The van der Waals surface area contributed by atoms with Crippen LogP contribution < -0.4 is 5.32 Å². The van der Waals surface area contributed by atoms with Gasteiger partial charge in [0, 0.05) is 16.3 Å². The van der Waals surface area contributed by atoms with Gasteiger partial charge in [-0.1, -0.05) is 35.3 Å². The maximum absolute atomic E-state index is 12.7. The zero-order chi connectivity index (χ0) is 20.5. The van der Waals surface area contributed by atoms with Crippen LogP contribution in [-0.4, -0.2) is 27.0 Å². The summed E-state index contributed by atoms with van der Waals surface area (Å²) in [5.41, 5.74) is 4.09. The Morgan fingerprint density at radius 1 is 1.24 bits per heavy atom. The highest BCUT2D eigenvalue weighted by Gasteiger charge is 2.21. The van der Waals surface area contributed by atoms with Gasteiger partial charge in [0.1, 0.15) is 0 Å². The monoisotopic (exact) mass is 446 g/mol. The second-order valence-electron chi connectivity index (χ2n) is 6.80. The number of hydrogen-bond acceptors (Lipinski definition) is 3. The van der Waals surface area contributed by atoms with Crippen molar-refractivity contribution in [3.63, 3.8) is 0 Å². The first-order valence-corrected chi connectivity index (χ1v) is 10.3. The zero-order valence-corrected chi connectivity index (χ0v) is 17.7. The summed E-state index contributed by atoms with van der Waals surface area (Å²) in [6, 6.07) is 10.6. The van der Waals surface area contributed by atoms with E-state index in [0.717, 1.165) is 18.4 Å². The van der Waals surface area contributed by atoms with Gasteiger partial charge in [0.2, 0.25) is 5.95 Å². The van der Waals surface area contributed by atoms with Crippen LogP contribution in [0.3, 0.4) is 0 Å². The molecule has 1 aliphatic carbocycles. The molecule has 0 saturated carbocycles. The number of hydrogen-bond donors (Lipinski definition) is 2. The van der Waals surface area contributed by atoms with E-state index in [2.05, 4.69) is 20.3 Å². The molecule has 0 spiro atoms. The Morgan fingerprint density at radius 2 is 2.07 bits per heavy atom. The predicted octanol–water partition coefficient (Wildman–Crippen LogP) is 6.37. The van der Waals surface area contributed by atoms with Crippen LogP contribution in [0.4, 0.5) is 11.6 Å². The maximum atomic E-state index is 12.7. The first-order valence-electron chi connectivity index (χ1n) is 9.06. The molecule has 5 nitrogen and oxygen atoms in total. The van der Waals surface area contributed by atoms with Crippen LogP contribution in [0, 0.1) is 6.92 Å². The van der Waals surface area contributed by atoms with Crippen molar-refractivity contribution < 1.29 is 4.79 Å². The van der Waals surface area contributed by atoms with Gasteiger partial charge in [0.05, 0.1) is 27.2 Å². The lowest BCUT2D eigenvalue weighted by Gasteiger charge is -2.15. The molecule has 0 saturated heterocycles. The van der Waals surface area contributed by atoms with Crippen molar-refractivity contribution in [1.82, 2.24) is 9.97 Å². The Kier molecular flexibility index (Phi) is 5.63. The zero-order valence-electron chi connectivity index (χ0n) is 15.5. The summed E-state index contributed by atoms with van der Waals surface area (Å²) in [7, 11) is 0. The van der Waals surface area contributed by atoms with Crippen molar-refractivity contribution in [3.05, 3.63) is 63.7 Å². The molecule has 1 aliphatic rings. The number of alkyl halides is 1. The molecule has 3 aromatic rings. The molecule has 4 rings (SSSR count). The van der Waals surface area contributed by atoms with E-state index in [9.17, 15) is 4.79 Å². The average molecular weight is 448 g/mol. The molecule has 8 heteroatoms. The number of allylic oxidation sites excluding steroid dienone is 2. The smallest absolute Gasteiger partial charge is 0.255 e. The van der Waals surface area contributed by atoms with Gasteiger partial charge >= 0.3 is 0 Å². The Hall–Kier alpha value is -2.34. The summed E-state index contributed by atoms with van der Waals surface area (Å²) < 4.78 is 0. The molecule has 0 bridgehead atoms. The fourth-order valence-corrected chi connectivity index (χ4v) is 3.90. The Morgan fingerprint density at radius 3 is 2.86 bits per heavy atom. The van der Waals surface area contributed by atoms with Crippen LogP contribution in [0.25, 0.3) is 11.0 Å². The predicted molar refractivity (Wildman–Crippen MR) is 120 cm³/mol. The van der Waals surface area contributed by atoms with Gasteiger partial charge in [-0.15, -0.1) is 11.6 Å². The minimum atomic E-state index is -0.247. The van der Waals surface area contributed by atoms with E-state index >= 15 is 0 Å². The molecule has 1 unspecified atom stereocenters. The number of amides is 1. The number of aromatic nitrogens is 2. The number of nitrogens with one attached hydrogen (secondary N) is 2. The third-order valence-corrected chi connectivity index (χ3v) is 5.70. The summed E-state index contributed by atoms with van der Waals surface area (Å²) in [5, 5.41) is 3.75. The van der Waals surface area contributed by atoms with Gasteiger partial charge in [-0.2, -0.15) is 0 Å². The Bertz CT molecular complexity index is 1170. The van der Waals surface area contributed by atoms with Crippen LogP contribution in [0.15, 0.2) is 52.5 Å². The average Bonchev–Trinajstić information content (AvgIpc) is 3.09. The SMILES string of the molecule is Cc1ccc(Cl)cc1NC(=O)c1ccc2nc(N=C3C(Cl)=CCCC3Cl)[nH]c2c1. The van der Waals surface area contributed by atoms with Gasteiger partial charge in [0.15, 0.2) is 0 Å². The molecule has 0 aliphatic heterocycles. The number of halogens is 3. The van der Waals surface area contributed by atoms with Crippen LogP contribution in [0.2, 0.25) is 5.02 Å². The van der Waals surface area contributed by atoms with Crippen LogP contribution in [-0.2, 0) is 0 Å². The van der Waals surface area contributed by atoms with Crippen molar-refractivity contribution in [2.24, 2.45) is 4.99 Å². The lowest BCUT2D eigenvalue weighted by molar-refractivity contribution is 0.102. The number of carbonyl (C=O) groups is 1. The topological polar surface area (TPSA) is 70.1 Å². The van der Waals surface area contributed by atoms with E-state index in [1.807, 2.05) is 19.1 Å². The number of aliphatic imine (C=N–C) groups is 1. The van der Waals surface area contributed by atoms with Crippen molar-refractivity contribution in [2.45, 2.75) is 25.1 Å². The standard InChI is InChI=1S/C21H17Cl3N4O/c1-11-5-7-13(22)10-17(11)25-20(29)12-6-8-16-18(9-12)27-21(26-16)28-19-14(23)3-2-4-15(19)24/h3,5-10,15H,2,4H2,1H3,(H,25,29)(H,26,27). The van der Waals surface area contributed by atoms with Gasteiger partial charge < -0.3 is 10.3 Å². The third-order valence-electron chi connectivity index (χ3n) is 4.69. The molecule has 148 valence electrons. The molecule has 2 N–H and O–H groups in total. The Balaban J connectivity index is 1.61. The lowest BCUT2D eigenvalue weighted by atomic mass is 10.1.